The zero-order chi connectivity index (χ0) is 14.3. The standard InChI is InChI=1S/C15H24N2O2/c1-12(9-10-14-7-5-4-6-8-14)16-15(19)17(3)11-13(2)18/h4-8,12-13,18H,9-11H2,1-3H3,(H,16,19). The summed E-state index contributed by atoms with van der Waals surface area (Å²) in [6.45, 7) is 4.01. The van der Waals surface area contributed by atoms with Gasteiger partial charge in [-0.3, -0.25) is 0 Å². The smallest absolute Gasteiger partial charge is 0.317 e. The van der Waals surface area contributed by atoms with Crippen LogP contribution in [0, 0.1) is 0 Å². The summed E-state index contributed by atoms with van der Waals surface area (Å²) < 4.78 is 0. The Hall–Kier alpha value is -1.55. The molecule has 0 bridgehead atoms. The Morgan fingerprint density at radius 1 is 1.32 bits per heavy atom. The van der Waals surface area contributed by atoms with Crippen LogP contribution in [0.1, 0.15) is 25.8 Å². The van der Waals surface area contributed by atoms with E-state index < -0.39 is 6.10 Å². The van der Waals surface area contributed by atoms with Crippen molar-refractivity contribution >= 4 is 6.03 Å². The van der Waals surface area contributed by atoms with Crippen molar-refractivity contribution in [2.75, 3.05) is 13.6 Å². The van der Waals surface area contributed by atoms with Crippen LogP contribution >= 0.6 is 0 Å². The third-order valence-electron chi connectivity index (χ3n) is 2.96. The highest BCUT2D eigenvalue weighted by Gasteiger charge is 2.13. The van der Waals surface area contributed by atoms with Gasteiger partial charge in [0, 0.05) is 19.6 Å². The fraction of sp³-hybridized carbons (Fsp3) is 0.533. The Balaban J connectivity index is 2.30. The van der Waals surface area contributed by atoms with E-state index in [-0.39, 0.29) is 12.1 Å². The van der Waals surface area contributed by atoms with Crippen molar-refractivity contribution < 1.29 is 9.90 Å². The Morgan fingerprint density at radius 3 is 2.53 bits per heavy atom. The maximum Gasteiger partial charge on any atom is 0.317 e. The fourth-order valence-electron chi connectivity index (χ4n) is 1.90. The van der Waals surface area contributed by atoms with E-state index in [1.165, 1.54) is 10.5 Å². The van der Waals surface area contributed by atoms with Gasteiger partial charge in [-0.2, -0.15) is 0 Å². The Bertz CT molecular complexity index is 379. The van der Waals surface area contributed by atoms with E-state index in [9.17, 15) is 9.90 Å². The summed E-state index contributed by atoms with van der Waals surface area (Å²) in [7, 11) is 1.69. The van der Waals surface area contributed by atoms with Crippen molar-refractivity contribution in [1.29, 1.82) is 0 Å². The zero-order valence-corrected chi connectivity index (χ0v) is 12.0. The molecule has 0 saturated carbocycles. The summed E-state index contributed by atoms with van der Waals surface area (Å²) in [4.78, 5) is 13.3. The number of urea groups is 1. The molecule has 0 aliphatic rings. The van der Waals surface area contributed by atoms with E-state index in [1.54, 1.807) is 14.0 Å². The van der Waals surface area contributed by atoms with Gasteiger partial charge < -0.3 is 15.3 Å². The number of benzene rings is 1. The van der Waals surface area contributed by atoms with Crippen LogP contribution in [0.4, 0.5) is 4.79 Å². The molecule has 2 atom stereocenters. The van der Waals surface area contributed by atoms with Crippen LogP contribution in [0.5, 0.6) is 0 Å². The first-order valence-corrected chi connectivity index (χ1v) is 6.72. The lowest BCUT2D eigenvalue weighted by atomic mass is 10.1. The highest BCUT2D eigenvalue weighted by atomic mass is 16.3. The topological polar surface area (TPSA) is 52.6 Å². The molecule has 2 unspecified atom stereocenters. The molecule has 0 fully saturated rings. The molecule has 0 aliphatic carbocycles. The zero-order valence-electron chi connectivity index (χ0n) is 12.0. The van der Waals surface area contributed by atoms with E-state index in [4.69, 9.17) is 0 Å². The lowest BCUT2D eigenvalue weighted by molar-refractivity contribution is 0.142. The summed E-state index contributed by atoms with van der Waals surface area (Å²) in [5.41, 5.74) is 1.28. The monoisotopic (exact) mass is 264 g/mol. The van der Waals surface area contributed by atoms with Gasteiger partial charge in [-0.05, 0) is 32.3 Å². The molecule has 1 rings (SSSR count). The molecule has 4 nitrogen and oxygen atoms in total. The van der Waals surface area contributed by atoms with Crippen LogP contribution in [0.3, 0.4) is 0 Å². The van der Waals surface area contributed by atoms with Crippen molar-refractivity contribution in [3.63, 3.8) is 0 Å². The molecular weight excluding hydrogens is 240 g/mol. The highest BCUT2D eigenvalue weighted by molar-refractivity contribution is 5.74. The van der Waals surface area contributed by atoms with Gasteiger partial charge >= 0.3 is 6.03 Å². The highest BCUT2D eigenvalue weighted by Crippen LogP contribution is 2.05. The SMILES string of the molecule is CC(O)CN(C)C(=O)NC(C)CCc1ccccc1. The molecule has 0 radical (unpaired) electrons. The Morgan fingerprint density at radius 2 is 1.95 bits per heavy atom. The van der Waals surface area contributed by atoms with E-state index >= 15 is 0 Å². The molecule has 4 heteroatoms. The molecule has 19 heavy (non-hydrogen) atoms. The third kappa shape index (κ3) is 6.25. The van der Waals surface area contributed by atoms with Crippen LogP contribution < -0.4 is 5.32 Å². The average molecular weight is 264 g/mol. The van der Waals surface area contributed by atoms with E-state index in [0.717, 1.165) is 12.8 Å². The first-order chi connectivity index (χ1) is 8.99. The van der Waals surface area contributed by atoms with Gasteiger partial charge in [-0.15, -0.1) is 0 Å². The Labute approximate surface area is 115 Å². The van der Waals surface area contributed by atoms with Gasteiger partial charge in [-0.25, -0.2) is 4.79 Å². The van der Waals surface area contributed by atoms with E-state index in [1.807, 2.05) is 25.1 Å². The van der Waals surface area contributed by atoms with Crippen LogP contribution in [0.15, 0.2) is 30.3 Å². The molecule has 2 N–H and O–H groups in total. The first-order valence-electron chi connectivity index (χ1n) is 6.72. The predicted molar refractivity (Wildman–Crippen MR) is 77.1 cm³/mol. The summed E-state index contributed by atoms with van der Waals surface area (Å²) in [6.07, 6.45) is 1.34. The maximum atomic E-state index is 11.8. The second kappa shape index (κ2) is 7.79. The first kappa shape index (κ1) is 15.5. The van der Waals surface area contributed by atoms with Crippen molar-refractivity contribution in [3.05, 3.63) is 35.9 Å². The number of hydrogen-bond donors (Lipinski definition) is 2. The minimum absolute atomic E-state index is 0.115. The van der Waals surface area contributed by atoms with Crippen molar-refractivity contribution in [2.24, 2.45) is 0 Å². The molecule has 0 aliphatic heterocycles. The van der Waals surface area contributed by atoms with Gasteiger partial charge in [0.1, 0.15) is 0 Å². The lowest BCUT2D eigenvalue weighted by Crippen LogP contribution is -2.44. The second-order valence-corrected chi connectivity index (χ2v) is 5.10. The van der Waals surface area contributed by atoms with E-state index in [0.29, 0.717) is 6.54 Å². The number of aliphatic hydroxyl groups excluding tert-OH is 1. The van der Waals surface area contributed by atoms with Gasteiger partial charge in [0.05, 0.1) is 6.10 Å². The molecular formula is C15H24N2O2. The predicted octanol–water partition coefficient (Wildman–Crippen LogP) is 2.03. The van der Waals surface area contributed by atoms with Crippen LogP contribution in [-0.4, -0.2) is 41.8 Å². The quantitative estimate of drug-likeness (QED) is 0.826. The number of nitrogens with one attached hydrogen (secondary N) is 1. The normalized spacial score (nSPS) is 13.7. The van der Waals surface area contributed by atoms with Crippen molar-refractivity contribution in [3.8, 4) is 0 Å². The minimum atomic E-state index is -0.504. The molecule has 2 amide bonds. The molecule has 106 valence electrons. The summed E-state index contributed by atoms with van der Waals surface area (Å²) >= 11 is 0. The Kier molecular flexibility index (Phi) is 6.36. The number of nitrogens with zero attached hydrogens (tertiary/aromatic N) is 1. The number of hydrogen-bond acceptors (Lipinski definition) is 2. The maximum absolute atomic E-state index is 11.8. The number of carbonyl (C=O) groups excluding carboxylic acids is 1. The van der Waals surface area contributed by atoms with Gasteiger partial charge in [-0.1, -0.05) is 30.3 Å². The van der Waals surface area contributed by atoms with Crippen LogP contribution in [0.25, 0.3) is 0 Å². The average Bonchev–Trinajstić information content (AvgIpc) is 2.36. The van der Waals surface area contributed by atoms with Gasteiger partial charge in [0.2, 0.25) is 0 Å². The van der Waals surface area contributed by atoms with Gasteiger partial charge in [0.15, 0.2) is 0 Å². The summed E-state index contributed by atoms with van der Waals surface area (Å²) in [5.74, 6) is 0. The summed E-state index contributed by atoms with van der Waals surface area (Å²) in [5, 5.41) is 12.2. The molecule has 0 saturated heterocycles. The van der Waals surface area contributed by atoms with Crippen molar-refractivity contribution in [2.45, 2.75) is 38.8 Å². The van der Waals surface area contributed by atoms with Crippen LogP contribution in [-0.2, 0) is 6.42 Å². The molecule has 0 aromatic heterocycles. The molecule has 0 heterocycles. The number of amides is 2. The minimum Gasteiger partial charge on any atom is -0.392 e. The summed E-state index contributed by atoms with van der Waals surface area (Å²) in [6, 6.07) is 10.2. The number of likely N-dealkylation sites (N-methyl/N-ethyl adjacent to an activating group) is 1. The van der Waals surface area contributed by atoms with Crippen LogP contribution in [0.2, 0.25) is 0 Å². The second-order valence-electron chi connectivity index (χ2n) is 5.10. The lowest BCUT2D eigenvalue weighted by Gasteiger charge is -2.22. The number of aliphatic hydroxyl groups is 1. The van der Waals surface area contributed by atoms with Gasteiger partial charge in [0.25, 0.3) is 0 Å². The molecule has 0 spiro atoms. The van der Waals surface area contributed by atoms with Crippen molar-refractivity contribution in [1.82, 2.24) is 10.2 Å². The third-order valence-corrected chi connectivity index (χ3v) is 2.96. The number of rotatable bonds is 6. The fourth-order valence-corrected chi connectivity index (χ4v) is 1.90. The molecule has 1 aromatic carbocycles. The van der Waals surface area contributed by atoms with E-state index in [2.05, 4.69) is 17.4 Å². The number of carbonyl (C=O) groups is 1. The number of aryl methyl sites for hydroxylation is 1. The largest absolute Gasteiger partial charge is 0.392 e. The molecule has 1 aromatic rings.